The molecule has 1 aromatic carbocycles. The highest BCUT2D eigenvalue weighted by Gasteiger charge is 2.27. The van der Waals surface area contributed by atoms with Gasteiger partial charge in [-0.1, -0.05) is 27.7 Å². The van der Waals surface area contributed by atoms with Gasteiger partial charge in [-0.3, -0.25) is 9.59 Å². The van der Waals surface area contributed by atoms with Gasteiger partial charge in [0.05, 0.1) is 26.2 Å². The van der Waals surface area contributed by atoms with Gasteiger partial charge in [0.2, 0.25) is 0 Å². The summed E-state index contributed by atoms with van der Waals surface area (Å²) in [5.74, 6) is 2.82. The Balaban J connectivity index is 1.44. The molecule has 0 saturated carbocycles. The molecule has 0 spiro atoms. The summed E-state index contributed by atoms with van der Waals surface area (Å²) in [6.45, 7) is 14.4. The molecule has 2 aliphatic rings. The van der Waals surface area contributed by atoms with Crippen molar-refractivity contribution in [3.63, 3.8) is 0 Å². The Morgan fingerprint density at radius 2 is 1.00 bits per heavy atom. The minimum atomic E-state index is 0.0556. The number of rotatable bonds is 6. The van der Waals surface area contributed by atoms with Gasteiger partial charge in [0, 0.05) is 35.0 Å². The molecule has 6 nitrogen and oxygen atoms in total. The average molecular weight is 417 g/mol. The van der Waals surface area contributed by atoms with Crippen LogP contribution in [0.25, 0.3) is 0 Å². The minimum absolute atomic E-state index is 0.0556. The highest BCUT2D eigenvalue weighted by molar-refractivity contribution is 5.93. The zero-order chi connectivity index (χ0) is 21.7. The summed E-state index contributed by atoms with van der Waals surface area (Å²) in [4.78, 5) is 27.6. The number of benzene rings is 1. The van der Waals surface area contributed by atoms with Crippen molar-refractivity contribution >= 4 is 23.2 Å². The van der Waals surface area contributed by atoms with Crippen LogP contribution in [-0.4, -0.2) is 51.1 Å². The minimum Gasteiger partial charge on any atom is -0.327 e. The van der Waals surface area contributed by atoms with Crippen LogP contribution in [0.3, 0.4) is 0 Å². The molecule has 30 heavy (non-hydrogen) atoms. The van der Waals surface area contributed by atoms with Crippen molar-refractivity contribution in [1.29, 1.82) is 0 Å². The van der Waals surface area contributed by atoms with Crippen molar-refractivity contribution in [3.8, 4) is 0 Å². The number of hydrogen-bond donors (Lipinski definition) is 4. The summed E-state index contributed by atoms with van der Waals surface area (Å²) in [5.41, 5.74) is 1.56. The van der Waals surface area contributed by atoms with Crippen molar-refractivity contribution < 1.29 is 19.4 Å². The molecule has 0 aliphatic carbocycles. The monoisotopic (exact) mass is 416 g/mol. The van der Waals surface area contributed by atoms with Crippen LogP contribution in [0.15, 0.2) is 24.3 Å². The first-order chi connectivity index (χ1) is 14.3. The smallest absolute Gasteiger partial charge is 0.279 e. The third kappa shape index (κ3) is 7.10. The topological polar surface area (TPSA) is 67.1 Å². The molecule has 6 heteroatoms. The maximum Gasteiger partial charge on any atom is 0.279 e. The second-order valence-corrected chi connectivity index (χ2v) is 10.2. The highest BCUT2D eigenvalue weighted by atomic mass is 16.2. The molecule has 2 saturated heterocycles. The molecule has 3 rings (SSSR count). The summed E-state index contributed by atoms with van der Waals surface area (Å²) in [7, 11) is 0. The van der Waals surface area contributed by atoms with Gasteiger partial charge in [0.15, 0.2) is 13.1 Å². The number of likely N-dealkylation sites (tertiary alicyclic amines) is 2. The lowest BCUT2D eigenvalue weighted by Gasteiger charge is -2.31. The van der Waals surface area contributed by atoms with Gasteiger partial charge in [-0.2, -0.15) is 0 Å². The first-order valence-corrected chi connectivity index (χ1v) is 11.6. The van der Waals surface area contributed by atoms with Gasteiger partial charge in [-0.15, -0.1) is 0 Å². The van der Waals surface area contributed by atoms with Crippen LogP contribution < -0.4 is 20.4 Å². The number of nitrogens with one attached hydrogen (secondary N) is 4. The summed E-state index contributed by atoms with van der Waals surface area (Å²) in [6.07, 6.45) is 2.52. The standard InChI is InChI=1S/C24H38N4O2/c1-17-9-18(2)12-27(11-17)15-23(29)25-21-5-7-22(8-6-21)26-24(30)16-28-13-19(3)10-20(4)14-28/h5-8,17-20H,9-16H2,1-4H3,(H,25,29)(H,26,30)/p+2/t17-,18-,19-,20+/m1/s1. The number of quaternary nitrogens is 2. The van der Waals surface area contributed by atoms with Gasteiger partial charge in [-0.05, 0) is 37.1 Å². The normalized spacial score (nSPS) is 31.7. The van der Waals surface area contributed by atoms with Crippen molar-refractivity contribution in [2.45, 2.75) is 40.5 Å². The Kier molecular flexibility index (Phi) is 7.89. The third-order valence-electron chi connectivity index (χ3n) is 6.43. The number of carbonyl (C=O) groups excluding carboxylic acids is 2. The average Bonchev–Trinajstić information content (AvgIpc) is 2.61. The predicted octanol–water partition coefficient (Wildman–Crippen LogP) is 0.685. The fraction of sp³-hybridized carbons (Fsp3) is 0.667. The number of hydrogen-bond acceptors (Lipinski definition) is 2. The van der Waals surface area contributed by atoms with Crippen LogP contribution in [0, 0.1) is 23.7 Å². The maximum atomic E-state index is 12.4. The van der Waals surface area contributed by atoms with E-state index in [2.05, 4.69) is 38.3 Å². The molecular formula is C24H40N4O2+2. The quantitative estimate of drug-likeness (QED) is 0.551. The van der Waals surface area contributed by atoms with Crippen LogP contribution in [0.1, 0.15) is 40.5 Å². The molecule has 1 unspecified atom stereocenters. The molecule has 4 N–H and O–H groups in total. The Morgan fingerprint density at radius 3 is 1.30 bits per heavy atom. The third-order valence-corrected chi connectivity index (χ3v) is 6.43. The zero-order valence-corrected chi connectivity index (χ0v) is 19.1. The SMILES string of the molecule is C[C@@H]1C[C@@H](C)C[NH+](CC(=O)Nc2ccc(NC(=O)C[NH+]3C[C@H](C)C[C@H](C)C3)cc2)C1. The van der Waals surface area contributed by atoms with E-state index in [1.165, 1.54) is 22.6 Å². The molecule has 2 aliphatic heterocycles. The van der Waals surface area contributed by atoms with Gasteiger partial charge < -0.3 is 20.4 Å². The van der Waals surface area contributed by atoms with Crippen molar-refractivity contribution in [2.75, 3.05) is 49.9 Å². The Labute approximate surface area is 181 Å². The second-order valence-electron chi connectivity index (χ2n) is 10.2. The van der Waals surface area contributed by atoms with Crippen LogP contribution >= 0.6 is 0 Å². The van der Waals surface area contributed by atoms with E-state index in [1.54, 1.807) is 0 Å². The van der Waals surface area contributed by atoms with E-state index in [1.807, 2.05) is 24.3 Å². The van der Waals surface area contributed by atoms with Gasteiger partial charge in [0.1, 0.15) is 0 Å². The molecule has 0 bridgehead atoms. The summed E-state index contributed by atoms with van der Waals surface area (Å²) in [5, 5.41) is 6.00. The highest BCUT2D eigenvalue weighted by Crippen LogP contribution is 2.15. The van der Waals surface area contributed by atoms with Crippen molar-refractivity contribution in [3.05, 3.63) is 24.3 Å². The number of anilines is 2. The lowest BCUT2D eigenvalue weighted by molar-refractivity contribution is -0.904. The van der Waals surface area contributed by atoms with Gasteiger partial charge in [-0.25, -0.2) is 0 Å². The molecule has 0 radical (unpaired) electrons. The van der Waals surface area contributed by atoms with Crippen molar-refractivity contribution in [1.82, 2.24) is 0 Å². The Hall–Kier alpha value is -1.92. The van der Waals surface area contributed by atoms with Crippen molar-refractivity contribution in [2.24, 2.45) is 23.7 Å². The lowest BCUT2D eigenvalue weighted by atomic mass is 9.92. The van der Waals surface area contributed by atoms with E-state index in [4.69, 9.17) is 0 Å². The predicted molar refractivity (Wildman–Crippen MR) is 121 cm³/mol. The second kappa shape index (κ2) is 10.4. The van der Waals surface area contributed by atoms with E-state index in [0.29, 0.717) is 36.8 Å². The number of piperidine rings is 2. The van der Waals surface area contributed by atoms with Crippen LogP contribution in [0.4, 0.5) is 11.4 Å². The molecule has 166 valence electrons. The molecule has 2 fully saturated rings. The molecular weight excluding hydrogens is 376 g/mol. The van der Waals surface area contributed by atoms with E-state index >= 15 is 0 Å². The first-order valence-electron chi connectivity index (χ1n) is 11.6. The zero-order valence-electron chi connectivity index (χ0n) is 19.1. The van der Waals surface area contributed by atoms with Crippen LogP contribution in [0.2, 0.25) is 0 Å². The van der Waals surface area contributed by atoms with E-state index in [0.717, 1.165) is 37.6 Å². The van der Waals surface area contributed by atoms with E-state index in [9.17, 15) is 9.59 Å². The Morgan fingerprint density at radius 1 is 0.700 bits per heavy atom. The summed E-state index contributed by atoms with van der Waals surface area (Å²) < 4.78 is 0. The first kappa shape index (κ1) is 22.8. The number of carbonyl (C=O) groups is 2. The molecule has 2 amide bonds. The molecule has 2 heterocycles. The molecule has 0 aromatic heterocycles. The van der Waals surface area contributed by atoms with Gasteiger partial charge >= 0.3 is 0 Å². The Bertz CT molecular complexity index is 639. The van der Waals surface area contributed by atoms with E-state index in [-0.39, 0.29) is 11.8 Å². The number of amides is 2. The fourth-order valence-electron chi connectivity index (χ4n) is 5.64. The summed E-state index contributed by atoms with van der Waals surface area (Å²) in [6, 6.07) is 7.45. The maximum absolute atomic E-state index is 12.4. The summed E-state index contributed by atoms with van der Waals surface area (Å²) >= 11 is 0. The fourth-order valence-corrected chi connectivity index (χ4v) is 5.64. The van der Waals surface area contributed by atoms with Crippen LogP contribution in [-0.2, 0) is 9.59 Å². The lowest BCUT2D eigenvalue weighted by Crippen LogP contribution is -3.15. The van der Waals surface area contributed by atoms with Gasteiger partial charge in [0.25, 0.3) is 11.8 Å². The molecule has 1 aromatic rings. The van der Waals surface area contributed by atoms with E-state index < -0.39 is 0 Å². The molecule has 5 atom stereocenters. The van der Waals surface area contributed by atoms with Crippen LogP contribution in [0.5, 0.6) is 0 Å². The largest absolute Gasteiger partial charge is 0.327 e.